The van der Waals surface area contributed by atoms with Crippen molar-refractivity contribution in [2.24, 2.45) is 5.92 Å². The van der Waals surface area contributed by atoms with Crippen molar-refractivity contribution in [2.45, 2.75) is 6.42 Å². The minimum absolute atomic E-state index is 0.441. The Labute approximate surface area is 50.2 Å². The Hall–Kier alpha value is -0.780. The van der Waals surface area contributed by atoms with E-state index in [1.165, 1.54) is 0 Å². The number of hydrogen-bond acceptors (Lipinski definition) is 0. The molecule has 1 aliphatic rings. The minimum Gasteiger partial charge on any atom is -0.0773 e. The number of hydrogen-bond donors (Lipinski definition) is 0. The molecule has 0 spiro atoms. The van der Waals surface area contributed by atoms with Gasteiger partial charge in [0.1, 0.15) is 0 Å². The van der Waals surface area contributed by atoms with Crippen LogP contribution in [0.1, 0.15) is 6.42 Å². The molecule has 40 valence electrons. The molecule has 0 amide bonds. The maximum Gasteiger partial charge on any atom is -0.00122 e. The first kappa shape index (κ1) is 5.36. The summed E-state index contributed by atoms with van der Waals surface area (Å²) in [6.07, 6.45) is 11.6. The molecule has 0 aromatic carbocycles. The van der Waals surface area contributed by atoms with Gasteiger partial charge in [0.25, 0.3) is 0 Å². The van der Waals surface area contributed by atoms with Gasteiger partial charge in [0.2, 0.25) is 0 Å². The van der Waals surface area contributed by atoms with Crippen LogP contribution in [0.3, 0.4) is 0 Å². The molecule has 0 saturated heterocycles. The van der Waals surface area contributed by atoms with Gasteiger partial charge >= 0.3 is 0 Å². The molecule has 0 aliphatic heterocycles. The van der Waals surface area contributed by atoms with Crippen LogP contribution in [0, 0.1) is 18.6 Å². The Kier molecular flexibility index (Phi) is 1.68. The van der Waals surface area contributed by atoms with Gasteiger partial charge in [-0.05, 0) is 18.4 Å². The van der Waals surface area contributed by atoms with Crippen molar-refractivity contribution in [2.75, 3.05) is 0 Å². The van der Waals surface area contributed by atoms with Crippen LogP contribution >= 0.6 is 0 Å². The summed E-state index contributed by atoms with van der Waals surface area (Å²) < 4.78 is 0. The summed E-state index contributed by atoms with van der Waals surface area (Å²) in [7, 11) is 0. The lowest BCUT2D eigenvalue weighted by Crippen LogP contribution is -1.90. The Balaban J connectivity index is 2.51. The Morgan fingerprint density at radius 1 is 1.75 bits per heavy atom. The van der Waals surface area contributed by atoms with Crippen LogP contribution in [0.25, 0.3) is 0 Å². The average Bonchev–Trinajstić information content (AvgIpc) is 1.90. The highest BCUT2D eigenvalue weighted by Crippen LogP contribution is 2.10. The zero-order chi connectivity index (χ0) is 5.82. The summed E-state index contributed by atoms with van der Waals surface area (Å²) >= 11 is 0. The Morgan fingerprint density at radius 3 is 3.00 bits per heavy atom. The number of rotatable bonds is 1. The van der Waals surface area contributed by atoms with Crippen LogP contribution in [0.15, 0.2) is 24.3 Å². The predicted molar refractivity (Wildman–Crippen MR) is 33.9 cm³/mol. The minimum atomic E-state index is 0.441. The largest absolute Gasteiger partial charge is 0.0773 e. The SMILES string of the molecule is [CH]=CC1C=C[C]=CC1. The van der Waals surface area contributed by atoms with E-state index in [0.29, 0.717) is 5.92 Å². The molecule has 8 heavy (non-hydrogen) atoms. The summed E-state index contributed by atoms with van der Waals surface area (Å²) in [4.78, 5) is 0. The molecule has 1 rings (SSSR count). The van der Waals surface area contributed by atoms with Crippen LogP contribution in [0.5, 0.6) is 0 Å². The second kappa shape index (κ2) is 2.51. The van der Waals surface area contributed by atoms with Crippen LogP contribution in [0.2, 0.25) is 0 Å². The third kappa shape index (κ3) is 1.09. The third-order valence-corrected chi connectivity index (χ3v) is 1.19. The van der Waals surface area contributed by atoms with Crippen molar-refractivity contribution < 1.29 is 0 Å². The van der Waals surface area contributed by atoms with Gasteiger partial charge in [0.15, 0.2) is 0 Å². The standard InChI is InChI=1S/C8H8/c1-2-8-6-4-3-5-7-8/h1-2,4-6,8H,7H2. The third-order valence-electron chi connectivity index (χ3n) is 1.19. The van der Waals surface area contributed by atoms with E-state index >= 15 is 0 Å². The van der Waals surface area contributed by atoms with Crippen LogP contribution in [-0.4, -0.2) is 0 Å². The van der Waals surface area contributed by atoms with Crippen molar-refractivity contribution >= 4 is 0 Å². The molecule has 1 unspecified atom stereocenters. The maximum absolute atomic E-state index is 5.28. The predicted octanol–water partition coefficient (Wildman–Crippen LogP) is 1.91. The molecule has 0 aromatic heterocycles. The molecule has 2 radical (unpaired) electrons. The summed E-state index contributed by atoms with van der Waals surface area (Å²) in [6, 6.07) is 0. The first-order valence-corrected chi connectivity index (χ1v) is 2.73. The van der Waals surface area contributed by atoms with E-state index in [1.807, 2.05) is 18.2 Å². The van der Waals surface area contributed by atoms with Gasteiger partial charge in [-0.3, -0.25) is 0 Å². The van der Waals surface area contributed by atoms with Gasteiger partial charge < -0.3 is 0 Å². The molecule has 0 N–H and O–H groups in total. The fourth-order valence-electron chi connectivity index (χ4n) is 0.673. The summed E-state index contributed by atoms with van der Waals surface area (Å²) in [6.45, 7) is 5.28. The van der Waals surface area contributed by atoms with Crippen molar-refractivity contribution in [3.05, 3.63) is 37.0 Å². The molecule has 0 bridgehead atoms. The lowest BCUT2D eigenvalue weighted by molar-refractivity contribution is 0.820. The van der Waals surface area contributed by atoms with E-state index < -0.39 is 0 Å². The maximum atomic E-state index is 5.28. The van der Waals surface area contributed by atoms with Gasteiger partial charge in [-0.25, -0.2) is 0 Å². The molecular formula is C8H8. The molecule has 0 saturated carbocycles. The lowest BCUT2D eigenvalue weighted by Gasteiger charge is -2.03. The molecule has 1 aliphatic carbocycles. The molecule has 1 atom stereocenters. The summed E-state index contributed by atoms with van der Waals surface area (Å²) in [5.74, 6) is 0.441. The van der Waals surface area contributed by atoms with E-state index in [0.717, 1.165) is 6.42 Å². The van der Waals surface area contributed by atoms with Gasteiger partial charge in [-0.1, -0.05) is 30.9 Å². The summed E-state index contributed by atoms with van der Waals surface area (Å²) in [5, 5.41) is 0. The quantitative estimate of drug-likeness (QED) is 0.476. The topological polar surface area (TPSA) is 0 Å². The molecule has 0 fully saturated rings. The molecular weight excluding hydrogens is 96.1 g/mol. The van der Waals surface area contributed by atoms with E-state index in [1.54, 1.807) is 6.08 Å². The zero-order valence-electron chi connectivity index (χ0n) is 4.67. The van der Waals surface area contributed by atoms with Gasteiger partial charge in [-0.15, -0.1) is 0 Å². The lowest BCUT2D eigenvalue weighted by atomic mass is 10.0. The monoisotopic (exact) mass is 104 g/mol. The van der Waals surface area contributed by atoms with Crippen LogP contribution in [0.4, 0.5) is 0 Å². The first-order chi connectivity index (χ1) is 3.93. The highest BCUT2D eigenvalue weighted by Gasteiger charge is 1.96. The second-order valence-corrected chi connectivity index (χ2v) is 1.82. The highest BCUT2D eigenvalue weighted by molar-refractivity contribution is 5.09. The van der Waals surface area contributed by atoms with Crippen molar-refractivity contribution in [3.63, 3.8) is 0 Å². The Morgan fingerprint density at radius 2 is 2.62 bits per heavy atom. The average molecular weight is 104 g/mol. The fourth-order valence-corrected chi connectivity index (χ4v) is 0.673. The molecule has 0 heteroatoms. The van der Waals surface area contributed by atoms with E-state index in [2.05, 4.69) is 6.08 Å². The second-order valence-electron chi connectivity index (χ2n) is 1.82. The first-order valence-electron chi connectivity index (χ1n) is 2.73. The van der Waals surface area contributed by atoms with Crippen LogP contribution < -0.4 is 0 Å². The van der Waals surface area contributed by atoms with E-state index in [-0.39, 0.29) is 0 Å². The molecule has 0 heterocycles. The zero-order valence-corrected chi connectivity index (χ0v) is 4.67. The Bertz CT molecular complexity index is 129. The van der Waals surface area contributed by atoms with Crippen LogP contribution in [-0.2, 0) is 0 Å². The van der Waals surface area contributed by atoms with E-state index in [4.69, 9.17) is 6.58 Å². The highest BCUT2D eigenvalue weighted by atomic mass is 14.0. The molecule has 0 aromatic rings. The van der Waals surface area contributed by atoms with E-state index in [9.17, 15) is 0 Å². The summed E-state index contributed by atoms with van der Waals surface area (Å²) in [5.41, 5.74) is 0. The fraction of sp³-hybridized carbons (Fsp3) is 0.250. The van der Waals surface area contributed by atoms with Gasteiger partial charge in [0, 0.05) is 0 Å². The van der Waals surface area contributed by atoms with Gasteiger partial charge in [0.05, 0.1) is 0 Å². The normalized spacial score (nSPS) is 25.8. The van der Waals surface area contributed by atoms with Crippen molar-refractivity contribution in [3.8, 4) is 0 Å². The number of allylic oxidation sites excluding steroid dienone is 5. The van der Waals surface area contributed by atoms with Gasteiger partial charge in [-0.2, -0.15) is 0 Å². The van der Waals surface area contributed by atoms with Crippen molar-refractivity contribution in [1.29, 1.82) is 0 Å². The van der Waals surface area contributed by atoms with Crippen molar-refractivity contribution in [1.82, 2.24) is 0 Å². The molecule has 0 nitrogen and oxygen atoms in total. The smallest absolute Gasteiger partial charge is 0.00122 e.